The van der Waals surface area contributed by atoms with Crippen molar-refractivity contribution in [2.75, 3.05) is 62.4 Å². The lowest BCUT2D eigenvalue weighted by molar-refractivity contribution is -0.265. The van der Waals surface area contributed by atoms with E-state index in [1.165, 1.54) is 41.9 Å². The molecule has 1 saturated carbocycles. The third kappa shape index (κ3) is 27.1. The Bertz CT molecular complexity index is 3820. The molecule has 4 aliphatic rings. The Balaban J connectivity index is 1.24. The van der Waals surface area contributed by atoms with E-state index >= 15 is 0 Å². The molecule has 5 amide bonds. The number of piperidine rings is 1. The van der Waals surface area contributed by atoms with Crippen LogP contribution in [0.5, 0.6) is 0 Å². The Kier molecular flexibility index (Phi) is 40.3. The van der Waals surface area contributed by atoms with Gasteiger partial charge in [0.2, 0.25) is 29.4 Å². The van der Waals surface area contributed by atoms with Gasteiger partial charge in [-0.25, -0.2) is 14.4 Å². The number of aliphatic hydroxyl groups is 2. The smallest absolute Gasteiger partial charge is 0.340 e. The number of amides is 5. The van der Waals surface area contributed by atoms with Crippen molar-refractivity contribution in [3.63, 3.8) is 0 Å². The van der Waals surface area contributed by atoms with E-state index < -0.39 is 143 Å². The molecule has 6 rings (SSSR count). The van der Waals surface area contributed by atoms with E-state index in [-0.39, 0.29) is 99.2 Å². The Morgan fingerprint density at radius 3 is 1.69 bits per heavy atom. The largest absolute Gasteiger partial charge is 0.462 e. The number of hydrogen-bond donors (Lipinski definition) is 6. The first kappa shape index (κ1) is 98.6. The van der Waals surface area contributed by atoms with Crippen LogP contribution in [0.1, 0.15) is 200 Å². The zero-order valence-electron chi connectivity index (χ0n) is 66.8. The van der Waals surface area contributed by atoms with Crippen molar-refractivity contribution < 1.29 is 106 Å². The van der Waals surface area contributed by atoms with E-state index in [0.717, 1.165) is 10.5 Å². The van der Waals surface area contributed by atoms with Crippen LogP contribution in [0.4, 0.5) is 22.7 Å². The van der Waals surface area contributed by atoms with E-state index in [0.29, 0.717) is 108 Å². The second-order valence-electron chi connectivity index (χ2n) is 30.2. The van der Waals surface area contributed by atoms with Gasteiger partial charge >= 0.3 is 23.9 Å². The number of esters is 4. The summed E-state index contributed by atoms with van der Waals surface area (Å²) in [6, 6.07) is -1.27. The first-order valence-corrected chi connectivity index (χ1v) is 44.7. The molecule has 6 N–H and O–H groups in total. The number of benzene rings is 2. The molecule has 2 aromatic rings. The van der Waals surface area contributed by atoms with Gasteiger partial charge in [0.1, 0.15) is 36.2 Å². The Morgan fingerprint density at radius 2 is 1.18 bits per heavy atom. The van der Waals surface area contributed by atoms with Crippen LogP contribution in [0.2, 0.25) is 0 Å². The second-order valence-corrected chi connectivity index (χ2v) is 36.6. The summed E-state index contributed by atoms with van der Waals surface area (Å²) in [7, 11) is 4.40. The van der Waals surface area contributed by atoms with Crippen LogP contribution in [0.25, 0.3) is 0 Å². The molecule has 0 aromatic heterocycles. The number of halogens is 6. The molecule has 0 spiro atoms. The number of allylic oxidation sites excluding steroid dienone is 6. The molecular formula is C81H107I6N5O22. The molecule has 3 heterocycles. The van der Waals surface area contributed by atoms with Gasteiger partial charge in [0, 0.05) is 92.6 Å². The van der Waals surface area contributed by atoms with Crippen LogP contribution >= 0.6 is 136 Å². The zero-order valence-corrected chi connectivity index (χ0v) is 79.8. The van der Waals surface area contributed by atoms with Crippen LogP contribution in [0, 0.1) is 62.8 Å². The lowest BCUT2D eigenvalue weighted by Gasteiger charge is -2.42. The molecule has 630 valence electrons. The predicted molar refractivity (Wildman–Crippen MR) is 478 cm³/mol. The van der Waals surface area contributed by atoms with Crippen LogP contribution in [0.15, 0.2) is 47.6 Å². The van der Waals surface area contributed by atoms with Gasteiger partial charge in [0.05, 0.1) is 86.8 Å². The summed E-state index contributed by atoms with van der Waals surface area (Å²) in [6.45, 7) is 17.3. The molecule has 1 aliphatic carbocycles. The molecule has 3 aliphatic heterocycles. The quantitative estimate of drug-likeness (QED) is 0.0210. The molecule has 114 heavy (non-hydrogen) atoms. The van der Waals surface area contributed by atoms with Crippen LogP contribution in [0.3, 0.4) is 0 Å². The highest BCUT2D eigenvalue weighted by Crippen LogP contribution is 2.43. The number of ether oxygens (including phenoxy) is 8. The van der Waals surface area contributed by atoms with Gasteiger partial charge in [-0.15, -0.1) is 0 Å². The van der Waals surface area contributed by atoms with Gasteiger partial charge in [0.25, 0.3) is 11.7 Å². The van der Waals surface area contributed by atoms with Crippen molar-refractivity contribution in [1.29, 1.82) is 0 Å². The summed E-state index contributed by atoms with van der Waals surface area (Å²) in [6.07, 6.45) is 8.93. The summed E-state index contributed by atoms with van der Waals surface area (Å²) >= 11 is 11.7. The number of nitrogens with zero attached hydrogens (tertiary/aromatic N) is 1. The fraction of sp³-hybridized carbons (Fsp3) is 0.605. The molecule has 2 saturated heterocycles. The van der Waals surface area contributed by atoms with E-state index in [1.54, 1.807) is 40.9 Å². The minimum absolute atomic E-state index is 0.00547. The maximum atomic E-state index is 14.9. The monoisotopic (exact) mass is 2260 g/mol. The van der Waals surface area contributed by atoms with Crippen LogP contribution in [-0.4, -0.2) is 182 Å². The predicted octanol–water partition coefficient (Wildman–Crippen LogP) is 14.1. The number of methoxy groups -OCH3 is 3. The Morgan fingerprint density at radius 1 is 0.640 bits per heavy atom. The van der Waals surface area contributed by atoms with Gasteiger partial charge in [0.15, 0.2) is 5.78 Å². The van der Waals surface area contributed by atoms with Gasteiger partial charge in [-0.2, -0.15) is 0 Å². The summed E-state index contributed by atoms with van der Waals surface area (Å²) in [5.74, 6) is -13.5. The van der Waals surface area contributed by atoms with E-state index in [4.69, 9.17) is 37.9 Å². The molecule has 2 aromatic carbocycles. The minimum Gasteiger partial charge on any atom is -0.462 e. The number of aliphatic hydroxyl groups excluding tert-OH is 1. The highest BCUT2D eigenvalue weighted by molar-refractivity contribution is 14.1. The number of fused-ring (bicyclic) bond motifs is 3. The van der Waals surface area contributed by atoms with Crippen molar-refractivity contribution in [3.8, 4) is 0 Å². The van der Waals surface area contributed by atoms with Gasteiger partial charge in [-0.05, 0) is 268 Å². The summed E-state index contributed by atoms with van der Waals surface area (Å²) in [5, 5.41) is 34.9. The number of rotatable bonds is 22. The number of hydrogen-bond acceptors (Lipinski definition) is 22. The number of cyclic esters (lactones) is 1. The fourth-order valence-electron chi connectivity index (χ4n) is 14.8. The normalized spacial score (nSPS) is 27.0. The molecule has 15 atom stereocenters. The van der Waals surface area contributed by atoms with E-state index in [1.807, 2.05) is 187 Å². The Hall–Kier alpha value is -4.22. The maximum absolute atomic E-state index is 14.9. The van der Waals surface area contributed by atoms with Crippen molar-refractivity contribution in [2.45, 2.75) is 233 Å². The molecule has 27 nitrogen and oxygen atoms in total. The van der Waals surface area contributed by atoms with Crippen LogP contribution < -0.4 is 21.3 Å². The minimum atomic E-state index is -2.53. The SMILES string of the molecule is CO[C@H]1C[C@@H]2CC[C@@H](C)[C@@](O)(O2)C(=O)C(=O)N2CCCC[C@H]2C(=O)O[C@H]([C@H](C)C[C@@H]2CC[C@@H](OC(=O)CCC(CCOC(=O)c3c(I)c(NC(C)=O)c(I)c(NC(C)=O)c3I)CCOC(=O)c3c(I)c(NC(C)=O)c(I)c(NC(C)=O)c3I)[C@H](OC)C2)CC(=O)[C@H](C)/C=C(\C)[C@@H](O)[C@@H](OC)C(=O)[C@H](C)C[C@H](C)/C=C/C=CC=C1C. The number of nitrogens with one attached hydrogen (secondary N) is 4. The maximum Gasteiger partial charge on any atom is 0.340 e. The average molecular weight is 2260 g/mol. The Labute approximate surface area is 749 Å². The number of anilines is 4. The first-order chi connectivity index (χ1) is 53.7. The third-order valence-corrected chi connectivity index (χ3v) is 27.7. The van der Waals surface area contributed by atoms with E-state index in [2.05, 4.69) is 21.3 Å². The lowest BCUT2D eigenvalue weighted by atomic mass is 9.78. The van der Waals surface area contributed by atoms with Crippen molar-refractivity contribution >= 4 is 229 Å². The van der Waals surface area contributed by atoms with Crippen molar-refractivity contribution in [1.82, 2.24) is 4.90 Å². The number of Topliss-reactive ketones (excluding diaryl/α,β-unsaturated/α-hetero) is 3. The molecule has 2 bridgehead atoms. The highest BCUT2D eigenvalue weighted by Gasteiger charge is 2.53. The van der Waals surface area contributed by atoms with Crippen LogP contribution in [-0.2, 0) is 85.8 Å². The third-order valence-electron chi connectivity index (χ3n) is 21.3. The molecule has 0 unspecified atom stereocenters. The van der Waals surface area contributed by atoms with Gasteiger partial charge < -0.3 is 74.3 Å². The summed E-state index contributed by atoms with van der Waals surface area (Å²) in [5.41, 5.74) is 2.52. The summed E-state index contributed by atoms with van der Waals surface area (Å²) in [4.78, 5) is 166. The topological polar surface area (TPSA) is 370 Å². The summed E-state index contributed by atoms with van der Waals surface area (Å²) < 4.78 is 50.8. The molecule has 33 heteroatoms. The fourth-order valence-corrected chi connectivity index (χ4v) is 23.1. The molecule has 3 fully saturated rings. The second kappa shape index (κ2) is 46.5. The van der Waals surface area contributed by atoms with Gasteiger partial charge in [-0.1, -0.05) is 71.1 Å². The van der Waals surface area contributed by atoms with Crippen molar-refractivity contribution in [3.05, 3.63) is 80.2 Å². The lowest BCUT2D eigenvalue weighted by Crippen LogP contribution is -2.61. The first-order valence-electron chi connectivity index (χ1n) is 38.2. The average Bonchev–Trinajstić information content (AvgIpc) is 0.782. The van der Waals surface area contributed by atoms with Gasteiger partial charge in [-0.3, -0.25) is 43.2 Å². The van der Waals surface area contributed by atoms with Crippen molar-refractivity contribution in [2.24, 2.45) is 41.4 Å². The molecule has 0 radical (unpaired) electrons. The van der Waals surface area contributed by atoms with E-state index in [9.17, 15) is 67.7 Å². The highest BCUT2D eigenvalue weighted by atomic mass is 127. The number of carbonyl (C=O) groups is 12. The number of ketones is 3. The standard InChI is InChI=1S/C81H107I6N5O22/c1-40-20-16-15-17-21-41(2)57(107-12)38-53-26-23-46(7)81(106,114-53)76(101)77(102)92-31-19-18-22-54(92)78(103)113-58(39-55(97)42(3)35-45(6)74(100)75(109-14)73(99)44(5)34-40)43(4)36-52-24-27-56(59(37-52)108-13)112-60(98)28-25-51(29-32-110-79(104)61-63(82)69(88-47(8)93)67(86)70(64(61)83)89-48(9)94)30-33-111-80(105)62-65(84)71(90-49(10)95)68(87)72(66(62)85)91-50(11)96/h15-17,20-21,35,40,42-44,46,51-54,56-59,74-75,100,106H,18-19,22-34,36-39H2,1-14H3,(H,88,93)(H,89,94)(H,90,95)(H,91,96)/b17-15?,20-16+,41-21?,45-35+/t40-,42-,43-,44-,46-,52+,53+,54+,56-,57+,58+,59-,74-,75+,81-/m1/s1. The number of carbonyl (C=O) groups excluding carboxylic acids is 12. The zero-order chi connectivity index (χ0) is 84.9. The molecular weight excluding hydrogens is 2160 g/mol.